The van der Waals surface area contributed by atoms with Gasteiger partial charge in [0.2, 0.25) is 5.91 Å². The van der Waals surface area contributed by atoms with E-state index in [1.54, 1.807) is 6.07 Å². The lowest BCUT2D eigenvalue weighted by atomic mass is 9.97. The van der Waals surface area contributed by atoms with Gasteiger partial charge in [-0.15, -0.1) is 11.3 Å². The Kier molecular flexibility index (Phi) is 8.11. The van der Waals surface area contributed by atoms with Crippen molar-refractivity contribution in [2.45, 2.75) is 31.6 Å². The number of rotatable bonds is 7. The molecule has 0 bridgehead atoms. The molecule has 5 rings (SSSR count). The van der Waals surface area contributed by atoms with Gasteiger partial charge >= 0.3 is 0 Å². The lowest BCUT2D eigenvalue weighted by Gasteiger charge is -2.31. The Morgan fingerprint density at radius 1 is 1.05 bits per heavy atom. The number of carbonyl (C=O) groups excluding carboxylic acids is 2. The van der Waals surface area contributed by atoms with Crippen molar-refractivity contribution in [3.8, 4) is 0 Å². The van der Waals surface area contributed by atoms with E-state index in [-0.39, 0.29) is 23.5 Å². The summed E-state index contributed by atoms with van der Waals surface area (Å²) in [6, 6.07) is 14.2. The van der Waals surface area contributed by atoms with Gasteiger partial charge < -0.3 is 19.9 Å². The molecule has 2 aromatic carbocycles. The van der Waals surface area contributed by atoms with Crippen molar-refractivity contribution in [2.75, 3.05) is 49.6 Å². The van der Waals surface area contributed by atoms with Crippen molar-refractivity contribution in [2.24, 2.45) is 0 Å². The molecule has 0 spiro atoms. The second-order valence-corrected chi connectivity index (χ2v) is 10.3. The van der Waals surface area contributed by atoms with E-state index in [1.807, 2.05) is 40.6 Å². The summed E-state index contributed by atoms with van der Waals surface area (Å²) >= 11 is 1.51. The first-order valence-corrected chi connectivity index (χ1v) is 13.7. The van der Waals surface area contributed by atoms with Gasteiger partial charge in [-0.2, -0.15) is 0 Å². The Morgan fingerprint density at radius 2 is 1.84 bits per heavy atom. The van der Waals surface area contributed by atoms with Crippen molar-refractivity contribution in [3.05, 3.63) is 76.0 Å². The molecular weight excluding hydrogens is 491 g/mol. The standard InChI is InChI=1S/C28H31FN4O3S/c29-22-5-3-4-20(18-22)8-9-26(34)33-12-10-21(11-13-33)28-31-24(19-37-28)27(35)30-23-6-1-2-7-25(23)32-14-16-36-17-15-32/h1-7,18-19,21H,8-17H2,(H,30,35). The zero-order chi connectivity index (χ0) is 25.6. The normalized spacial score (nSPS) is 16.6. The molecule has 3 heterocycles. The van der Waals surface area contributed by atoms with E-state index < -0.39 is 0 Å². The summed E-state index contributed by atoms with van der Waals surface area (Å²) in [5.74, 6) is -0.156. The molecule has 2 saturated heterocycles. The van der Waals surface area contributed by atoms with Crippen LogP contribution in [0.5, 0.6) is 0 Å². The second-order valence-electron chi connectivity index (χ2n) is 9.43. The first-order valence-electron chi connectivity index (χ1n) is 12.8. The number of aromatic nitrogens is 1. The summed E-state index contributed by atoms with van der Waals surface area (Å²) < 4.78 is 18.8. The lowest BCUT2D eigenvalue weighted by molar-refractivity contribution is -0.132. The van der Waals surface area contributed by atoms with Crippen LogP contribution in [0, 0.1) is 5.82 Å². The van der Waals surface area contributed by atoms with E-state index in [4.69, 9.17) is 4.74 Å². The lowest BCUT2D eigenvalue weighted by Crippen LogP contribution is -2.38. The van der Waals surface area contributed by atoms with E-state index in [9.17, 15) is 14.0 Å². The number of piperidine rings is 1. The summed E-state index contributed by atoms with van der Waals surface area (Å²) in [4.78, 5) is 34.4. The molecule has 2 aliphatic rings. The maximum absolute atomic E-state index is 13.4. The van der Waals surface area contributed by atoms with Gasteiger partial charge in [0.05, 0.1) is 29.6 Å². The van der Waals surface area contributed by atoms with Crippen LogP contribution in [-0.2, 0) is 16.0 Å². The molecule has 0 aliphatic carbocycles. The summed E-state index contributed by atoms with van der Waals surface area (Å²) in [6.07, 6.45) is 2.55. The average Bonchev–Trinajstić information content (AvgIpc) is 3.43. The number of hydrogen-bond acceptors (Lipinski definition) is 6. The molecule has 1 N–H and O–H groups in total. The van der Waals surface area contributed by atoms with Crippen LogP contribution in [0.2, 0.25) is 0 Å². The number of carbonyl (C=O) groups is 2. The van der Waals surface area contributed by atoms with Gasteiger partial charge in [-0.25, -0.2) is 9.37 Å². The number of amides is 2. The minimum absolute atomic E-state index is 0.0980. The number of nitrogens with one attached hydrogen (secondary N) is 1. The number of benzene rings is 2. The number of aryl methyl sites for hydroxylation is 1. The van der Waals surface area contributed by atoms with Crippen LogP contribution in [0.3, 0.4) is 0 Å². The number of halogens is 1. The van der Waals surface area contributed by atoms with E-state index in [0.29, 0.717) is 44.8 Å². The maximum atomic E-state index is 13.4. The van der Waals surface area contributed by atoms with Crippen LogP contribution in [0.4, 0.5) is 15.8 Å². The smallest absolute Gasteiger partial charge is 0.275 e. The van der Waals surface area contributed by atoms with Gasteiger partial charge in [0.25, 0.3) is 5.91 Å². The molecule has 1 aromatic heterocycles. The molecule has 0 atom stereocenters. The predicted molar refractivity (Wildman–Crippen MR) is 143 cm³/mol. The fourth-order valence-corrected chi connectivity index (χ4v) is 5.87. The number of ether oxygens (including phenoxy) is 1. The fourth-order valence-electron chi connectivity index (χ4n) is 4.90. The highest BCUT2D eigenvalue weighted by Crippen LogP contribution is 2.32. The molecule has 0 radical (unpaired) electrons. The van der Waals surface area contributed by atoms with Crippen molar-refractivity contribution >= 4 is 34.5 Å². The average molecular weight is 523 g/mol. The zero-order valence-electron chi connectivity index (χ0n) is 20.7. The van der Waals surface area contributed by atoms with Gasteiger partial charge in [-0.3, -0.25) is 9.59 Å². The van der Waals surface area contributed by atoms with Crippen molar-refractivity contribution in [1.29, 1.82) is 0 Å². The van der Waals surface area contributed by atoms with Gasteiger partial charge in [-0.1, -0.05) is 24.3 Å². The third-order valence-electron chi connectivity index (χ3n) is 6.97. The van der Waals surface area contributed by atoms with E-state index in [0.717, 1.165) is 47.9 Å². The number of hydrogen-bond donors (Lipinski definition) is 1. The number of anilines is 2. The molecule has 7 nitrogen and oxygen atoms in total. The molecule has 37 heavy (non-hydrogen) atoms. The van der Waals surface area contributed by atoms with Crippen LogP contribution < -0.4 is 10.2 Å². The molecule has 0 unspecified atom stereocenters. The number of likely N-dealkylation sites (tertiary alicyclic amines) is 1. The predicted octanol–water partition coefficient (Wildman–Crippen LogP) is 4.71. The van der Waals surface area contributed by atoms with Gasteiger partial charge in [0.1, 0.15) is 11.5 Å². The SMILES string of the molecule is O=C(Nc1ccccc1N1CCOCC1)c1csc(C2CCN(C(=O)CCc3cccc(F)c3)CC2)n1. The number of morpholine rings is 1. The Morgan fingerprint density at radius 3 is 2.62 bits per heavy atom. The largest absolute Gasteiger partial charge is 0.378 e. The molecule has 2 aliphatic heterocycles. The minimum atomic E-state index is -0.274. The summed E-state index contributed by atoms with van der Waals surface area (Å²) in [6.45, 7) is 4.27. The van der Waals surface area contributed by atoms with Gasteiger partial charge in [-0.05, 0) is 49.1 Å². The van der Waals surface area contributed by atoms with Crippen LogP contribution >= 0.6 is 11.3 Å². The Hall–Kier alpha value is -3.30. The Labute approximate surface area is 220 Å². The second kappa shape index (κ2) is 11.8. The van der Waals surface area contributed by atoms with Crippen molar-refractivity contribution in [3.63, 3.8) is 0 Å². The number of nitrogens with zero attached hydrogens (tertiary/aromatic N) is 3. The quantitative estimate of drug-likeness (QED) is 0.487. The number of para-hydroxylation sites is 2. The highest BCUT2D eigenvalue weighted by atomic mass is 32.1. The van der Waals surface area contributed by atoms with Crippen LogP contribution in [0.1, 0.15) is 46.2 Å². The van der Waals surface area contributed by atoms with Gasteiger partial charge in [0.15, 0.2) is 0 Å². The van der Waals surface area contributed by atoms with Gasteiger partial charge in [0, 0.05) is 43.9 Å². The molecule has 0 saturated carbocycles. The monoisotopic (exact) mass is 522 g/mol. The molecule has 3 aromatic rings. The molecule has 2 amide bonds. The topological polar surface area (TPSA) is 74.8 Å². The molecule has 194 valence electrons. The van der Waals surface area contributed by atoms with Crippen LogP contribution in [0.15, 0.2) is 53.9 Å². The fraction of sp³-hybridized carbons (Fsp3) is 0.393. The minimum Gasteiger partial charge on any atom is -0.378 e. The molecular formula is C28H31FN4O3S. The highest BCUT2D eigenvalue weighted by Gasteiger charge is 2.26. The Balaban J connectivity index is 1.14. The highest BCUT2D eigenvalue weighted by molar-refractivity contribution is 7.10. The van der Waals surface area contributed by atoms with E-state index in [2.05, 4.69) is 15.2 Å². The third kappa shape index (κ3) is 6.34. The summed E-state index contributed by atoms with van der Waals surface area (Å²) in [7, 11) is 0. The molecule has 2 fully saturated rings. The van der Waals surface area contributed by atoms with Crippen molar-refractivity contribution in [1.82, 2.24) is 9.88 Å². The van der Waals surface area contributed by atoms with Crippen LogP contribution in [0.25, 0.3) is 0 Å². The third-order valence-corrected chi connectivity index (χ3v) is 7.98. The van der Waals surface area contributed by atoms with E-state index in [1.165, 1.54) is 23.5 Å². The zero-order valence-corrected chi connectivity index (χ0v) is 21.5. The van der Waals surface area contributed by atoms with Crippen LogP contribution in [-0.4, -0.2) is 61.1 Å². The first kappa shape index (κ1) is 25.4. The summed E-state index contributed by atoms with van der Waals surface area (Å²) in [5, 5.41) is 5.80. The van der Waals surface area contributed by atoms with E-state index >= 15 is 0 Å². The summed E-state index contributed by atoms with van der Waals surface area (Å²) in [5.41, 5.74) is 3.02. The molecule has 9 heteroatoms. The number of thiazole rings is 1. The Bertz CT molecular complexity index is 1240. The maximum Gasteiger partial charge on any atom is 0.275 e. The first-order chi connectivity index (χ1) is 18.1. The van der Waals surface area contributed by atoms with Crippen molar-refractivity contribution < 1.29 is 18.7 Å².